The number of carbonyl (C=O) groups is 6. The Balaban J connectivity index is 1.45. The number of guanidine groups is 3. The Morgan fingerprint density at radius 1 is 0.466 bits per heavy atom. The summed E-state index contributed by atoms with van der Waals surface area (Å²) in [4.78, 5) is 102. The highest BCUT2D eigenvalue weighted by atomic mass is 16.4. The Morgan fingerprint density at radius 3 is 1.25 bits per heavy atom. The standard InChI is InChI=1S/C49H67N17O7/c50-33(23-28-11-2-1-3-12-28)41(67)65-39(24-29-26-60-34-15-6-4-13-31(29)34)44(70)63-37(18-9-21-58-48(53)54)43(69)66-40(25-30-27-61-35-16-7-5-14-32(30)35)45(71)62-36(17-8-20-57-47(51)52)42(68)64-38(46(72)73)19-10-22-59-49(55)56/h1-7,11-16,26-27,33,36-40,60-61H,8-10,17-25,50H2,(H,62,71)(H,63,70)(H,64,68)(H,65,67)(H,66,69)(H,72,73)(H4,51,52,57)(H4,53,54,58)(H4,55,56,59)/t33-,36-,37-,38-,39-,40-/m0/s1. The first-order chi connectivity index (χ1) is 35.0. The lowest BCUT2D eigenvalue weighted by Crippen LogP contribution is -2.60. The van der Waals surface area contributed by atoms with E-state index in [0.29, 0.717) is 11.1 Å². The van der Waals surface area contributed by atoms with Crippen molar-refractivity contribution in [3.63, 3.8) is 0 Å². The second kappa shape index (κ2) is 27.7. The van der Waals surface area contributed by atoms with Crippen LogP contribution in [0.4, 0.5) is 0 Å². The predicted octanol–water partition coefficient (Wildman–Crippen LogP) is -1.33. The van der Waals surface area contributed by atoms with Gasteiger partial charge in [-0.1, -0.05) is 66.7 Å². The number of H-pyrrole nitrogens is 2. The van der Waals surface area contributed by atoms with E-state index in [1.165, 1.54) is 0 Å². The summed E-state index contributed by atoms with van der Waals surface area (Å²) >= 11 is 0. The van der Waals surface area contributed by atoms with Crippen LogP contribution in [0.25, 0.3) is 21.8 Å². The van der Waals surface area contributed by atoms with E-state index in [4.69, 9.17) is 40.1 Å². The molecule has 390 valence electrons. The van der Waals surface area contributed by atoms with E-state index in [1.807, 2.05) is 78.9 Å². The molecule has 5 rings (SSSR count). The molecule has 5 aromatic rings. The molecule has 0 bridgehead atoms. The van der Waals surface area contributed by atoms with Crippen LogP contribution in [0, 0.1) is 0 Å². The van der Waals surface area contributed by atoms with E-state index in [1.54, 1.807) is 12.4 Å². The van der Waals surface area contributed by atoms with Crippen molar-refractivity contribution in [2.45, 2.75) is 94.0 Å². The van der Waals surface area contributed by atoms with Crippen molar-refractivity contribution >= 4 is 75.2 Å². The number of benzene rings is 3. The zero-order valence-corrected chi connectivity index (χ0v) is 40.4. The summed E-state index contributed by atoms with van der Waals surface area (Å²) in [6, 6.07) is 16.2. The molecule has 0 fully saturated rings. The van der Waals surface area contributed by atoms with Gasteiger partial charge in [0.1, 0.15) is 30.2 Å². The molecule has 0 aliphatic rings. The van der Waals surface area contributed by atoms with E-state index in [2.05, 4.69) is 51.5 Å². The van der Waals surface area contributed by atoms with Crippen LogP contribution in [0.1, 0.15) is 55.2 Å². The Labute approximate surface area is 421 Å². The van der Waals surface area contributed by atoms with Gasteiger partial charge in [-0.3, -0.25) is 38.9 Å². The number of nitrogens with zero attached hydrogens (tertiary/aromatic N) is 3. The number of fused-ring (bicyclic) bond motifs is 2. The first kappa shape index (κ1) is 55.3. The molecule has 0 saturated heterocycles. The number of aromatic nitrogens is 2. The van der Waals surface area contributed by atoms with Gasteiger partial charge in [0.15, 0.2) is 17.9 Å². The Morgan fingerprint density at radius 2 is 0.822 bits per heavy atom. The first-order valence-electron chi connectivity index (χ1n) is 23.8. The minimum Gasteiger partial charge on any atom is -0.480 e. The third-order valence-corrected chi connectivity index (χ3v) is 11.8. The molecular formula is C49H67N17O7. The van der Waals surface area contributed by atoms with Crippen LogP contribution in [-0.2, 0) is 48.0 Å². The highest BCUT2D eigenvalue weighted by molar-refractivity contribution is 5.97. The molecular weight excluding hydrogens is 939 g/mol. The number of amides is 5. The molecule has 2 heterocycles. The molecule has 22 N–H and O–H groups in total. The van der Waals surface area contributed by atoms with Crippen LogP contribution in [-0.4, -0.2) is 124 Å². The molecule has 2 aromatic heterocycles. The monoisotopic (exact) mass is 1010 g/mol. The highest BCUT2D eigenvalue weighted by Crippen LogP contribution is 2.21. The second-order valence-electron chi connectivity index (χ2n) is 17.4. The molecule has 0 unspecified atom stereocenters. The second-order valence-corrected chi connectivity index (χ2v) is 17.4. The van der Waals surface area contributed by atoms with Crippen molar-refractivity contribution < 1.29 is 33.9 Å². The van der Waals surface area contributed by atoms with Gasteiger partial charge >= 0.3 is 5.97 Å². The Bertz CT molecular complexity index is 2740. The minimum atomic E-state index is -1.40. The Kier molecular flexibility index (Phi) is 20.9. The number of hydrogen-bond acceptors (Lipinski definition) is 10. The summed E-state index contributed by atoms with van der Waals surface area (Å²) in [5, 5.41) is 25.2. The van der Waals surface area contributed by atoms with E-state index >= 15 is 0 Å². The van der Waals surface area contributed by atoms with Crippen LogP contribution in [0.3, 0.4) is 0 Å². The highest BCUT2D eigenvalue weighted by Gasteiger charge is 2.34. The number of carboxylic acid groups (broad SMARTS) is 1. The number of aliphatic imine (C=N–C) groups is 3. The van der Waals surface area contributed by atoms with Crippen LogP contribution in [0.5, 0.6) is 0 Å². The maximum absolute atomic E-state index is 14.7. The molecule has 0 spiro atoms. The van der Waals surface area contributed by atoms with Crippen molar-refractivity contribution in [1.29, 1.82) is 0 Å². The maximum Gasteiger partial charge on any atom is 0.326 e. The molecule has 0 aliphatic carbocycles. The van der Waals surface area contributed by atoms with E-state index in [-0.39, 0.29) is 95.3 Å². The van der Waals surface area contributed by atoms with Gasteiger partial charge in [0.05, 0.1) is 6.04 Å². The van der Waals surface area contributed by atoms with Crippen molar-refractivity contribution in [1.82, 2.24) is 36.6 Å². The van der Waals surface area contributed by atoms with E-state index < -0.39 is 71.8 Å². The van der Waals surface area contributed by atoms with Crippen molar-refractivity contribution in [2.24, 2.45) is 55.1 Å². The fourth-order valence-electron chi connectivity index (χ4n) is 8.09. The quantitative estimate of drug-likeness (QED) is 0.0150. The predicted molar refractivity (Wildman–Crippen MR) is 279 cm³/mol. The fourth-order valence-corrected chi connectivity index (χ4v) is 8.09. The van der Waals surface area contributed by atoms with E-state index in [9.17, 15) is 33.9 Å². The van der Waals surface area contributed by atoms with Crippen molar-refractivity contribution in [3.05, 3.63) is 108 Å². The SMILES string of the molecule is NC(N)=NCCC[C@H](NC(=O)[C@H](CCCN=C(N)N)NC(=O)[C@H](Cc1c[nH]c2ccccc12)NC(=O)[C@H](CCCN=C(N)N)NC(=O)[C@H](Cc1c[nH]c2ccccc12)NC(=O)[C@@H](N)Cc1ccccc1)C(=O)O. The summed E-state index contributed by atoms with van der Waals surface area (Å²) < 4.78 is 0. The summed E-state index contributed by atoms with van der Waals surface area (Å²) in [5.74, 6) is -5.68. The summed E-state index contributed by atoms with van der Waals surface area (Å²) in [6.07, 6.45) is 3.93. The lowest BCUT2D eigenvalue weighted by molar-refractivity contribution is -0.142. The van der Waals surface area contributed by atoms with Gasteiger partial charge in [0.25, 0.3) is 0 Å². The Hall–Kier alpha value is -8.67. The van der Waals surface area contributed by atoms with Gasteiger partial charge < -0.3 is 81.8 Å². The molecule has 0 aliphatic heterocycles. The number of carboxylic acids is 1. The number of aromatic amines is 2. The largest absolute Gasteiger partial charge is 0.480 e. The van der Waals surface area contributed by atoms with Gasteiger partial charge in [-0.15, -0.1) is 0 Å². The van der Waals surface area contributed by atoms with Gasteiger partial charge in [-0.2, -0.15) is 0 Å². The number of rotatable bonds is 29. The lowest BCUT2D eigenvalue weighted by atomic mass is 10.0. The molecule has 0 saturated carbocycles. The smallest absolute Gasteiger partial charge is 0.326 e. The minimum absolute atomic E-state index is 0.000776. The zero-order valence-electron chi connectivity index (χ0n) is 40.4. The number of para-hydroxylation sites is 2. The van der Waals surface area contributed by atoms with Crippen molar-refractivity contribution in [2.75, 3.05) is 19.6 Å². The van der Waals surface area contributed by atoms with Gasteiger partial charge in [-0.25, -0.2) is 4.79 Å². The van der Waals surface area contributed by atoms with Crippen LogP contribution < -0.4 is 66.7 Å². The van der Waals surface area contributed by atoms with Crippen LogP contribution in [0.2, 0.25) is 0 Å². The molecule has 6 atom stereocenters. The number of hydrogen-bond donors (Lipinski definition) is 15. The summed E-state index contributed by atoms with van der Waals surface area (Å²) in [7, 11) is 0. The zero-order chi connectivity index (χ0) is 52.9. The van der Waals surface area contributed by atoms with Crippen LogP contribution >= 0.6 is 0 Å². The molecule has 73 heavy (non-hydrogen) atoms. The number of nitrogens with two attached hydrogens (primary N) is 7. The third-order valence-electron chi connectivity index (χ3n) is 11.8. The molecule has 0 radical (unpaired) electrons. The fraction of sp³-hybridized carbons (Fsp3) is 0.367. The molecule has 24 nitrogen and oxygen atoms in total. The third kappa shape index (κ3) is 17.6. The molecule has 3 aromatic carbocycles. The average molecular weight is 1010 g/mol. The van der Waals surface area contributed by atoms with Crippen LogP contribution in [0.15, 0.2) is 106 Å². The molecule has 24 heteroatoms. The number of aliphatic carboxylic acids is 1. The summed E-state index contributed by atoms with van der Waals surface area (Å²) in [5.41, 5.74) is 43.1. The van der Waals surface area contributed by atoms with Gasteiger partial charge in [0, 0.05) is 66.7 Å². The maximum atomic E-state index is 14.7. The molecule has 5 amide bonds. The number of carbonyl (C=O) groups excluding carboxylic acids is 5. The van der Waals surface area contributed by atoms with Gasteiger partial charge in [-0.05, 0) is 73.8 Å². The number of nitrogens with one attached hydrogen (secondary N) is 7. The first-order valence-corrected chi connectivity index (χ1v) is 23.8. The van der Waals surface area contributed by atoms with E-state index in [0.717, 1.165) is 27.4 Å². The van der Waals surface area contributed by atoms with Crippen molar-refractivity contribution in [3.8, 4) is 0 Å². The van der Waals surface area contributed by atoms with Gasteiger partial charge in [0.2, 0.25) is 29.5 Å². The summed E-state index contributed by atoms with van der Waals surface area (Å²) in [6.45, 7) is 0.252. The normalized spacial score (nSPS) is 13.5. The average Bonchev–Trinajstić information content (AvgIpc) is 3.97. The topological polar surface area (TPSA) is 434 Å². The lowest BCUT2D eigenvalue weighted by Gasteiger charge is -2.27.